The fourth-order valence-electron chi connectivity index (χ4n) is 2.61. The van der Waals surface area contributed by atoms with Crippen LogP contribution in [0.25, 0.3) is 0 Å². The SMILES string of the molecule is CCCCN1C(=C(Cl)C(=O)O)C(O)c2cc(C)c(C)cc21. The van der Waals surface area contributed by atoms with E-state index in [2.05, 4.69) is 6.92 Å². The lowest BCUT2D eigenvalue weighted by Crippen LogP contribution is -2.23. The molecule has 4 nitrogen and oxygen atoms in total. The van der Waals surface area contributed by atoms with Gasteiger partial charge >= 0.3 is 5.97 Å². The van der Waals surface area contributed by atoms with Crippen molar-refractivity contribution in [1.29, 1.82) is 0 Å². The van der Waals surface area contributed by atoms with E-state index in [1.165, 1.54) is 0 Å². The summed E-state index contributed by atoms with van der Waals surface area (Å²) in [5.74, 6) is -1.21. The maximum atomic E-state index is 11.2. The van der Waals surface area contributed by atoms with Crippen LogP contribution in [0.5, 0.6) is 0 Å². The molecule has 1 atom stereocenters. The molecule has 0 aliphatic carbocycles. The third-order valence-corrected chi connectivity index (χ3v) is 4.28. The monoisotopic (exact) mass is 309 g/mol. The smallest absolute Gasteiger partial charge is 0.349 e. The van der Waals surface area contributed by atoms with Gasteiger partial charge in [-0.25, -0.2) is 4.79 Å². The van der Waals surface area contributed by atoms with Gasteiger partial charge in [0.15, 0.2) is 0 Å². The van der Waals surface area contributed by atoms with Gasteiger partial charge in [-0.3, -0.25) is 0 Å². The number of carboxylic acids is 1. The first kappa shape index (κ1) is 15.9. The molecule has 1 aliphatic rings. The van der Waals surface area contributed by atoms with Gasteiger partial charge in [0.25, 0.3) is 0 Å². The van der Waals surface area contributed by atoms with Gasteiger partial charge in [-0.05, 0) is 37.5 Å². The Morgan fingerprint density at radius 2 is 1.95 bits per heavy atom. The van der Waals surface area contributed by atoms with Crippen molar-refractivity contribution in [2.45, 2.75) is 39.7 Å². The number of aliphatic hydroxyl groups excluding tert-OH is 1. The minimum atomic E-state index is -1.21. The van der Waals surface area contributed by atoms with E-state index < -0.39 is 12.1 Å². The maximum absolute atomic E-state index is 11.2. The van der Waals surface area contributed by atoms with Crippen molar-refractivity contribution in [3.8, 4) is 0 Å². The molecule has 2 N–H and O–H groups in total. The van der Waals surface area contributed by atoms with E-state index >= 15 is 0 Å². The van der Waals surface area contributed by atoms with E-state index in [-0.39, 0.29) is 10.7 Å². The lowest BCUT2D eigenvalue weighted by molar-refractivity contribution is -0.132. The zero-order valence-corrected chi connectivity index (χ0v) is 13.2. The zero-order valence-electron chi connectivity index (χ0n) is 12.5. The predicted octanol–water partition coefficient (Wildman–Crippen LogP) is 3.49. The minimum Gasteiger partial charge on any atom is -0.477 e. The van der Waals surface area contributed by atoms with Gasteiger partial charge < -0.3 is 15.1 Å². The third kappa shape index (κ3) is 2.78. The van der Waals surface area contributed by atoms with Gasteiger partial charge in [0.05, 0.1) is 5.70 Å². The van der Waals surface area contributed by atoms with Gasteiger partial charge in [-0.2, -0.15) is 0 Å². The van der Waals surface area contributed by atoms with Crippen LogP contribution in [0.15, 0.2) is 22.9 Å². The molecule has 0 bridgehead atoms. The van der Waals surface area contributed by atoms with Gasteiger partial charge in [-0.1, -0.05) is 31.0 Å². The number of hydrogen-bond acceptors (Lipinski definition) is 3. The summed E-state index contributed by atoms with van der Waals surface area (Å²) in [5, 5.41) is 19.3. The summed E-state index contributed by atoms with van der Waals surface area (Å²) in [7, 11) is 0. The highest BCUT2D eigenvalue weighted by atomic mass is 35.5. The number of carbonyl (C=O) groups is 1. The number of benzene rings is 1. The summed E-state index contributed by atoms with van der Waals surface area (Å²) < 4.78 is 0. The summed E-state index contributed by atoms with van der Waals surface area (Å²) in [6, 6.07) is 3.90. The molecule has 114 valence electrons. The average Bonchev–Trinajstić information content (AvgIpc) is 2.69. The van der Waals surface area contributed by atoms with Crippen molar-refractivity contribution in [3.05, 3.63) is 39.6 Å². The van der Waals surface area contributed by atoms with E-state index in [1.54, 1.807) is 0 Å². The molecule has 0 fully saturated rings. The Morgan fingerprint density at radius 3 is 2.52 bits per heavy atom. The van der Waals surface area contributed by atoms with Gasteiger partial charge in [-0.15, -0.1) is 0 Å². The first-order chi connectivity index (χ1) is 9.88. The molecule has 2 rings (SSSR count). The second kappa shape index (κ2) is 6.08. The quantitative estimate of drug-likeness (QED) is 0.836. The first-order valence-electron chi connectivity index (χ1n) is 7.08. The molecule has 1 aromatic rings. The Morgan fingerprint density at radius 1 is 1.33 bits per heavy atom. The molecule has 21 heavy (non-hydrogen) atoms. The van der Waals surface area contributed by atoms with Crippen LogP contribution in [0.2, 0.25) is 0 Å². The normalized spacial score (nSPS) is 19.7. The standard InChI is InChI=1S/C16H20ClNO3/c1-4-5-6-18-12-8-10(3)9(2)7-11(12)15(19)14(18)13(17)16(20)21/h7-8,15,19H,4-6H2,1-3H3,(H,20,21). The molecule has 1 heterocycles. The fraction of sp³-hybridized carbons (Fsp3) is 0.438. The molecular weight excluding hydrogens is 290 g/mol. The average molecular weight is 310 g/mol. The Kier molecular flexibility index (Phi) is 4.59. The maximum Gasteiger partial charge on any atom is 0.349 e. The van der Waals surface area contributed by atoms with Gasteiger partial charge in [0.1, 0.15) is 11.1 Å². The number of anilines is 1. The molecule has 1 aromatic carbocycles. The third-order valence-electron chi connectivity index (χ3n) is 3.93. The van der Waals surface area contributed by atoms with Crippen LogP contribution in [0.3, 0.4) is 0 Å². The molecule has 0 radical (unpaired) electrons. The van der Waals surface area contributed by atoms with Crippen LogP contribution in [0, 0.1) is 13.8 Å². The largest absolute Gasteiger partial charge is 0.477 e. The zero-order chi connectivity index (χ0) is 15.7. The molecule has 0 saturated carbocycles. The summed E-state index contributed by atoms with van der Waals surface area (Å²) in [6.07, 6.45) is 0.886. The first-order valence-corrected chi connectivity index (χ1v) is 7.46. The Hall–Kier alpha value is -1.52. The van der Waals surface area contributed by atoms with Crippen molar-refractivity contribution in [3.63, 3.8) is 0 Å². The van der Waals surface area contributed by atoms with E-state index in [0.29, 0.717) is 6.54 Å². The minimum absolute atomic E-state index is 0.276. The topological polar surface area (TPSA) is 60.8 Å². The van der Waals surface area contributed by atoms with Gasteiger partial charge in [0.2, 0.25) is 0 Å². The highest BCUT2D eigenvalue weighted by Crippen LogP contribution is 2.45. The second-order valence-electron chi connectivity index (χ2n) is 5.41. The van der Waals surface area contributed by atoms with Crippen molar-refractivity contribution in [2.75, 3.05) is 11.4 Å². The van der Waals surface area contributed by atoms with E-state index in [4.69, 9.17) is 16.7 Å². The number of carboxylic acid groups (broad SMARTS) is 1. The Bertz CT molecular complexity index is 610. The fourth-order valence-corrected chi connectivity index (χ4v) is 2.81. The number of nitrogens with zero attached hydrogens (tertiary/aromatic N) is 1. The lowest BCUT2D eigenvalue weighted by atomic mass is 10.0. The number of fused-ring (bicyclic) bond motifs is 1. The summed E-state index contributed by atoms with van der Waals surface area (Å²) >= 11 is 5.94. The number of hydrogen-bond donors (Lipinski definition) is 2. The number of rotatable bonds is 4. The molecule has 0 aromatic heterocycles. The van der Waals surface area contributed by atoms with Crippen LogP contribution >= 0.6 is 11.6 Å². The van der Waals surface area contributed by atoms with Crippen molar-refractivity contribution >= 4 is 23.3 Å². The predicted molar refractivity (Wildman–Crippen MR) is 83.6 cm³/mol. The van der Waals surface area contributed by atoms with Crippen LogP contribution in [0.4, 0.5) is 5.69 Å². The van der Waals surface area contributed by atoms with E-state index in [1.807, 2.05) is 30.9 Å². The summed E-state index contributed by atoms with van der Waals surface area (Å²) in [4.78, 5) is 13.0. The molecular formula is C16H20ClNO3. The van der Waals surface area contributed by atoms with Crippen molar-refractivity contribution in [1.82, 2.24) is 0 Å². The Balaban J connectivity index is 2.59. The number of aliphatic hydroxyl groups is 1. The highest BCUT2D eigenvalue weighted by Gasteiger charge is 2.36. The van der Waals surface area contributed by atoms with Crippen LogP contribution in [-0.4, -0.2) is 22.7 Å². The number of unbranched alkanes of at least 4 members (excludes halogenated alkanes) is 1. The lowest BCUT2D eigenvalue weighted by Gasteiger charge is -2.22. The van der Waals surface area contributed by atoms with Crippen LogP contribution in [-0.2, 0) is 4.79 Å². The van der Waals surface area contributed by atoms with Crippen molar-refractivity contribution < 1.29 is 15.0 Å². The second-order valence-corrected chi connectivity index (χ2v) is 5.79. The molecule has 0 spiro atoms. The molecule has 0 saturated heterocycles. The molecule has 1 aliphatic heterocycles. The highest BCUT2D eigenvalue weighted by molar-refractivity contribution is 6.41. The van der Waals surface area contributed by atoms with Crippen LogP contribution in [0.1, 0.15) is 42.6 Å². The van der Waals surface area contributed by atoms with Crippen molar-refractivity contribution in [2.24, 2.45) is 0 Å². The van der Waals surface area contributed by atoms with Crippen LogP contribution < -0.4 is 4.90 Å². The number of aliphatic carboxylic acids is 1. The van der Waals surface area contributed by atoms with Gasteiger partial charge in [0, 0.05) is 17.8 Å². The molecule has 1 unspecified atom stereocenters. The van der Waals surface area contributed by atoms with E-state index in [0.717, 1.165) is 35.2 Å². The van der Waals surface area contributed by atoms with E-state index in [9.17, 15) is 9.90 Å². The molecule has 0 amide bonds. The Labute approximate surface area is 129 Å². The summed E-state index contributed by atoms with van der Waals surface area (Å²) in [5.41, 5.74) is 4.03. The summed E-state index contributed by atoms with van der Waals surface area (Å²) in [6.45, 7) is 6.68. The molecule has 5 heteroatoms. The number of halogens is 1. The number of aryl methyl sites for hydroxylation is 2.